The summed E-state index contributed by atoms with van der Waals surface area (Å²) >= 11 is 5.82. The molecule has 132 valence electrons. The summed E-state index contributed by atoms with van der Waals surface area (Å²) in [5, 5.41) is 6.08. The van der Waals surface area contributed by atoms with Crippen molar-refractivity contribution < 1.29 is 9.59 Å². The van der Waals surface area contributed by atoms with Gasteiger partial charge in [0.15, 0.2) is 0 Å². The number of anilines is 1. The number of carbonyl (C=O) groups is 2. The first-order valence-electron chi connectivity index (χ1n) is 8.03. The molecule has 0 saturated heterocycles. The average molecular weight is 360 g/mol. The number of hydrogen-bond acceptors (Lipinski definition) is 3. The molecule has 0 bridgehead atoms. The largest absolute Gasteiger partial charge is 0.355 e. The van der Waals surface area contributed by atoms with Crippen molar-refractivity contribution >= 4 is 29.1 Å². The Hall–Kier alpha value is -2.37. The summed E-state index contributed by atoms with van der Waals surface area (Å²) in [5.41, 5.74) is 2.46. The van der Waals surface area contributed by atoms with Gasteiger partial charge in [0.1, 0.15) is 0 Å². The molecule has 0 aliphatic rings. The highest BCUT2D eigenvalue weighted by molar-refractivity contribution is 6.30. The van der Waals surface area contributed by atoms with Gasteiger partial charge in [0.05, 0.1) is 0 Å². The first-order valence-corrected chi connectivity index (χ1v) is 8.40. The number of halogens is 1. The Morgan fingerprint density at radius 2 is 1.68 bits per heavy atom. The second-order valence-electron chi connectivity index (χ2n) is 5.82. The monoisotopic (exact) mass is 359 g/mol. The van der Waals surface area contributed by atoms with Crippen LogP contribution in [0.2, 0.25) is 5.02 Å². The molecule has 0 atom stereocenters. The number of rotatable bonds is 7. The van der Waals surface area contributed by atoms with Crippen molar-refractivity contribution in [3.63, 3.8) is 0 Å². The van der Waals surface area contributed by atoms with Crippen LogP contribution in [-0.2, 0) is 11.3 Å². The van der Waals surface area contributed by atoms with Crippen LogP contribution in [0.4, 0.5) is 5.69 Å². The zero-order chi connectivity index (χ0) is 18.2. The van der Waals surface area contributed by atoms with E-state index in [-0.39, 0.29) is 11.8 Å². The maximum atomic E-state index is 12.0. The molecule has 2 N–H and O–H groups in total. The van der Waals surface area contributed by atoms with Crippen molar-refractivity contribution in [1.82, 2.24) is 10.2 Å². The lowest BCUT2D eigenvalue weighted by atomic mass is 10.1. The number of carbonyl (C=O) groups excluding carboxylic acids is 2. The molecule has 0 heterocycles. The minimum atomic E-state index is -0.0984. The number of nitrogens with zero attached hydrogens (tertiary/aromatic N) is 1. The normalized spacial score (nSPS) is 10.6. The molecule has 2 aromatic carbocycles. The second-order valence-corrected chi connectivity index (χ2v) is 6.26. The van der Waals surface area contributed by atoms with Gasteiger partial charge in [-0.2, -0.15) is 0 Å². The summed E-state index contributed by atoms with van der Waals surface area (Å²) in [6, 6.07) is 14.5. The summed E-state index contributed by atoms with van der Waals surface area (Å²) < 4.78 is 0. The molecule has 2 aromatic rings. The fourth-order valence-corrected chi connectivity index (χ4v) is 2.47. The van der Waals surface area contributed by atoms with Crippen molar-refractivity contribution in [1.29, 1.82) is 0 Å². The van der Waals surface area contributed by atoms with Gasteiger partial charge in [-0.05, 0) is 49.0 Å². The highest BCUT2D eigenvalue weighted by Crippen LogP contribution is 2.13. The zero-order valence-corrected chi connectivity index (χ0v) is 15.1. The summed E-state index contributed by atoms with van der Waals surface area (Å²) in [7, 11) is 3.57. The van der Waals surface area contributed by atoms with Crippen LogP contribution in [0.1, 0.15) is 22.3 Å². The van der Waals surface area contributed by atoms with Crippen molar-refractivity contribution in [2.45, 2.75) is 13.0 Å². The van der Waals surface area contributed by atoms with Crippen LogP contribution in [0.15, 0.2) is 48.5 Å². The Balaban J connectivity index is 1.77. The fourth-order valence-electron chi connectivity index (χ4n) is 2.35. The highest BCUT2D eigenvalue weighted by atomic mass is 35.5. The molecule has 2 rings (SSSR count). The zero-order valence-electron chi connectivity index (χ0n) is 14.4. The van der Waals surface area contributed by atoms with Crippen LogP contribution in [0.5, 0.6) is 0 Å². The lowest BCUT2D eigenvalue weighted by Gasteiger charge is -2.16. The van der Waals surface area contributed by atoms with E-state index in [2.05, 4.69) is 15.5 Å². The predicted molar refractivity (Wildman–Crippen MR) is 101 cm³/mol. The van der Waals surface area contributed by atoms with E-state index < -0.39 is 0 Å². The van der Waals surface area contributed by atoms with Crippen molar-refractivity contribution in [3.8, 4) is 0 Å². The molecule has 2 amide bonds. The Bertz CT molecular complexity index is 714. The minimum Gasteiger partial charge on any atom is -0.355 e. The summed E-state index contributed by atoms with van der Waals surface area (Å²) in [5.74, 6) is -0.136. The van der Waals surface area contributed by atoms with Gasteiger partial charge in [-0.1, -0.05) is 23.7 Å². The number of hydrogen-bond donors (Lipinski definition) is 2. The fraction of sp³-hybridized carbons (Fsp3) is 0.263. The van der Waals surface area contributed by atoms with E-state index in [9.17, 15) is 9.59 Å². The molecular weight excluding hydrogens is 338 g/mol. The number of nitrogens with one attached hydrogen (secondary N) is 2. The van der Waals surface area contributed by atoms with Gasteiger partial charge in [0.25, 0.3) is 5.91 Å². The molecule has 0 aliphatic carbocycles. The standard InChI is InChI=1S/C19H22ClN3O2/c1-21-19(25)15-5-3-14(4-6-15)13-23(2)12-11-18(24)22-17-9-7-16(20)8-10-17/h3-10H,11-13H2,1-2H3,(H,21,25)(H,22,24). The SMILES string of the molecule is CNC(=O)c1ccc(CN(C)CCC(=O)Nc2ccc(Cl)cc2)cc1. The van der Waals surface area contributed by atoms with E-state index in [4.69, 9.17) is 11.6 Å². The van der Waals surface area contributed by atoms with Crippen LogP contribution >= 0.6 is 11.6 Å². The van der Waals surface area contributed by atoms with Crippen molar-refractivity contribution in [3.05, 3.63) is 64.7 Å². The topological polar surface area (TPSA) is 61.4 Å². The molecule has 0 fully saturated rings. The van der Waals surface area contributed by atoms with E-state index in [0.29, 0.717) is 30.1 Å². The molecule has 6 heteroatoms. The second kappa shape index (κ2) is 9.20. The molecule has 0 aliphatic heterocycles. The van der Waals surface area contributed by atoms with E-state index in [1.54, 1.807) is 43.4 Å². The Morgan fingerprint density at radius 3 is 2.28 bits per heavy atom. The minimum absolute atomic E-state index is 0.0378. The van der Waals surface area contributed by atoms with E-state index in [1.807, 2.05) is 19.2 Å². The first-order chi connectivity index (χ1) is 12.0. The Morgan fingerprint density at radius 1 is 1.04 bits per heavy atom. The number of benzene rings is 2. The molecule has 0 aromatic heterocycles. The molecule has 0 unspecified atom stereocenters. The third-order valence-electron chi connectivity index (χ3n) is 3.74. The molecule has 0 radical (unpaired) electrons. The lowest BCUT2D eigenvalue weighted by Crippen LogP contribution is -2.24. The third-order valence-corrected chi connectivity index (χ3v) is 4.00. The van der Waals surface area contributed by atoms with Gasteiger partial charge in [0.2, 0.25) is 5.91 Å². The van der Waals surface area contributed by atoms with Gasteiger partial charge >= 0.3 is 0 Å². The average Bonchev–Trinajstić information content (AvgIpc) is 2.62. The maximum Gasteiger partial charge on any atom is 0.251 e. The smallest absolute Gasteiger partial charge is 0.251 e. The van der Waals surface area contributed by atoms with Crippen LogP contribution in [0.25, 0.3) is 0 Å². The van der Waals surface area contributed by atoms with Gasteiger partial charge < -0.3 is 15.5 Å². The summed E-state index contributed by atoms with van der Waals surface area (Å²) in [4.78, 5) is 25.6. The molecule has 0 spiro atoms. The predicted octanol–water partition coefficient (Wildman–Crippen LogP) is 3.16. The van der Waals surface area contributed by atoms with Gasteiger partial charge in [-0.15, -0.1) is 0 Å². The van der Waals surface area contributed by atoms with Crippen LogP contribution in [-0.4, -0.2) is 37.4 Å². The van der Waals surface area contributed by atoms with E-state index in [0.717, 1.165) is 11.3 Å². The van der Waals surface area contributed by atoms with E-state index in [1.165, 1.54) is 0 Å². The summed E-state index contributed by atoms with van der Waals surface area (Å²) in [6.45, 7) is 1.35. The van der Waals surface area contributed by atoms with Crippen molar-refractivity contribution in [2.75, 3.05) is 26.0 Å². The quantitative estimate of drug-likeness (QED) is 0.798. The van der Waals surface area contributed by atoms with Crippen LogP contribution < -0.4 is 10.6 Å². The highest BCUT2D eigenvalue weighted by Gasteiger charge is 2.07. The van der Waals surface area contributed by atoms with Gasteiger partial charge in [0, 0.05) is 42.8 Å². The van der Waals surface area contributed by atoms with Gasteiger partial charge in [-0.3, -0.25) is 9.59 Å². The first kappa shape index (κ1) is 19.0. The Kier molecular flexibility index (Phi) is 6.98. The molecular formula is C19H22ClN3O2. The van der Waals surface area contributed by atoms with Crippen LogP contribution in [0.3, 0.4) is 0 Å². The van der Waals surface area contributed by atoms with Gasteiger partial charge in [-0.25, -0.2) is 0 Å². The number of amides is 2. The maximum absolute atomic E-state index is 12.0. The molecule has 5 nitrogen and oxygen atoms in total. The molecule has 0 saturated carbocycles. The molecule has 25 heavy (non-hydrogen) atoms. The van der Waals surface area contributed by atoms with Crippen LogP contribution in [0, 0.1) is 0 Å². The Labute approximate surface area is 153 Å². The lowest BCUT2D eigenvalue weighted by molar-refractivity contribution is -0.116. The van der Waals surface area contributed by atoms with Crippen molar-refractivity contribution in [2.24, 2.45) is 0 Å². The summed E-state index contributed by atoms with van der Waals surface area (Å²) in [6.07, 6.45) is 0.398. The van der Waals surface area contributed by atoms with E-state index >= 15 is 0 Å². The third kappa shape index (κ3) is 6.21.